The first-order chi connectivity index (χ1) is 9.06. The minimum atomic E-state index is -0.0370. The third-order valence-corrected chi connectivity index (χ3v) is 4.89. The van der Waals surface area contributed by atoms with Crippen molar-refractivity contribution in [3.63, 3.8) is 0 Å². The van der Waals surface area contributed by atoms with Crippen LogP contribution in [0.3, 0.4) is 0 Å². The number of carbonyl (C=O) groups excluding carboxylic acids is 2. The fourth-order valence-corrected chi connectivity index (χ4v) is 3.58. The molecule has 2 heterocycles. The van der Waals surface area contributed by atoms with Gasteiger partial charge in [-0.15, -0.1) is 12.4 Å². The average Bonchev–Trinajstić information content (AvgIpc) is 2.79. The molecule has 0 radical (unpaired) electrons. The van der Waals surface area contributed by atoms with Gasteiger partial charge in [-0.2, -0.15) is 0 Å². The number of piperidine rings is 1. The van der Waals surface area contributed by atoms with E-state index in [1.807, 2.05) is 4.90 Å². The Hall–Kier alpha value is -1.01. The zero-order valence-electron chi connectivity index (χ0n) is 11.8. The van der Waals surface area contributed by atoms with E-state index in [1.54, 1.807) is 16.8 Å². The second kappa shape index (κ2) is 5.77. The van der Waals surface area contributed by atoms with Crippen molar-refractivity contribution in [2.45, 2.75) is 18.9 Å². The monoisotopic (exact) mass is 302 g/mol. The van der Waals surface area contributed by atoms with Crippen LogP contribution in [0.15, 0.2) is 0 Å². The van der Waals surface area contributed by atoms with Crippen molar-refractivity contribution in [3.05, 3.63) is 0 Å². The van der Waals surface area contributed by atoms with E-state index in [9.17, 15) is 9.59 Å². The van der Waals surface area contributed by atoms with Crippen molar-refractivity contribution in [2.24, 2.45) is 17.6 Å². The Kier molecular flexibility index (Phi) is 4.44. The Balaban J connectivity index is 0.00000147. The Bertz CT molecular complexity index is 392. The smallest absolute Gasteiger partial charge is 0.320 e. The third-order valence-electron chi connectivity index (χ3n) is 4.89. The van der Waals surface area contributed by atoms with E-state index in [0.717, 1.165) is 25.9 Å². The molecular formula is C13H23ClN4O2. The standard InChI is InChI=1S/C13H22N4O2.ClH/c1-15-4-5-16(13(15)19)8-11(18)17-6-9-2-3-10(7-17)12(9)14;/h9-10,12H,2-8,14H2,1H3;1H/t9-,10+,12?;. The highest BCUT2D eigenvalue weighted by molar-refractivity contribution is 5.85. The van der Waals surface area contributed by atoms with Crippen LogP contribution < -0.4 is 5.73 Å². The summed E-state index contributed by atoms with van der Waals surface area (Å²) in [6.07, 6.45) is 2.28. The van der Waals surface area contributed by atoms with E-state index in [0.29, 0.717) is 24.9 Å². The Labute approximate surface area is 125 Å². The number of carbonyl (C=O) groups is 2. The number of urea groups is 1. The molecule has 3 aliphatic rings. The molecule has 1 saturated carbocycles. The van der Waals surface area contributed by atoms with Crippen LogP contribution in [0, 0.1) is 11.8 Å². The minimum Gasteiger partial charge on any atom is -0.340 e. The van der Waals surface area contributed by atoms with E-state index in [2.05, 4.69) is 0 Å². The van der Waals surface area contributed by atoms with Gasteiger partial charge in [0.2, 0.25) is 5.91 Å². The summed E-state index contributed by atoms with van der Waals surface area (Å²) < 4.78 is 0. The quantitative estimate of drug-likeness (QED) is 0.779. The largest absolute Gasteiger partial charge is 0.340 e. The number of rotatable bonds is 2. The van der Waals surface area contributed by atoms with Gasteiger partial charge in [0.25, 0.3) is 0 Å². The Morgan fingerprint density at radius 3 is 2.35 bits per heavy atom. The van der Waals surface area contributed by atoms with Crippen LogP contribution in [-0.4, -0.2) is 72.5 Å². The van der Waals surface area contributed by atoms with Crippen molar-refractivity contribution in [1.29, 1.82) is 0 Å². The van der Waals surface area contributed by atoms with Crippen molar-refractivity contribution in [2.75, 3.05) is 39.8 Å². The fourth-order valence-electron chi connectivity index (χ4n) is 3.58. The maximum atomic E-state index is 12.3. The normalized spacial score (nSPS) is 32.6. The molecule has 6 nitrogen and oxygen atoms in total. The van der Waals surface area contributed by atoms with Crippen LogP contribution in [0.5, 0.6) is 0 Å². The van der Waals surface area contributed by atoms with E-state index in [1.165, 1.54) is 0 Å². The summed E-state index contributed by atoms with van der Waals surface area (Å²) in [5, 5.41) is 0. The van der Waals surface area contributed by atoms with Gasteiger partial charge in [0.1, 0.15) is 6.54 Å². The highest BCUT2D eigenvalue weighted by atomic mass is 35.5. The Morgan fingerprint density at radius 2 is 1.85 bits per heavy atom. The molecule has 2 aliphatic heterocycles. The zero-order valence-corrected chi connectivity index (χ0v) is 12.6. The number of nitrogens with zero attached hydrogens (tertiary/aromatic N) is 3. The SMILES string of the molecule is CN1CCN(CC(=O)N2C[C@H]3CC[C@@H](C2)C3N)C1=O.Cl. The first-order valence-electron chi connectivity index (χ1n) is 7.09. The number of likely N-dealkylation sites (tertiary alicyclic amines) is 1. The summed E-state index contributed by atoms with van der Waals surface area (Å²) in [4.78, 5) is 29.3. The van der Waals surface area contributed by atoms with Gasteiger partial charge >= 0.3 is 6.03 Å². The second-order valence-corrected chi connectivity index (χ2v) is 6.10. The lowest BCUT2D eigenvalue weighted by atomic mass is 9.93. The predicted molar refractivity (Wildman–Crippen MR) is 77.6 cm³/mol. The van der Waals surface area contributed by atoms with Crippen LogP contribution in [0.2, 0.25) is 0 Å². The average molecular weight is 303 g/mol. The van der Waals surface area contributed by atoms with Crippen molar-refractivity contribution in [1.82, 2.24) is 14.7 Å². The predicted octanol–water partition coefficient (Wildman–Crippen LogP) is -0.0287. The topological polar surface area (TPSA) is 69.9 Å². The van der Waals surface area contributed by atoms with Crippen LogP contribution in [-0.2, 0) is 4.79 Å². The lowest BCUT2D eigenvalue weighted by Gasteiger charge is -2.36. The highest BCUT2D eigenvalue weighted by Gasteiger charge is 2.41. The van der Waals surface area contributed by atoms with E-state index >= 15 is 0 Å². The molecule has 0 aromatic carbocycles. The molecule has 0 spiro atoms. The molecule has 3 rings (SSSR count). The molecule has 1 aliphatic carbocycles. The van der Waals surface area contributed by atoms with E-state index < -0.39 is 0 Å². The number of fused-ring (bicyclic) bond motifs is 2. The molecule has 3 atom stereocenters. The first kappa shape index (κ1) is 15.4. The number of halogens is 1. The molecule has 2 N–H and O–H groups in total. The maximum absolute atomic E-state index is 12.3. The lowest BCUT2D eigenvalue weighted by Crippen LogP contribution is -2.53. The molecule has 3 fully saturated rings. The van der Waals surface area contributed by atoms with Gasteiger partial charge in [-0.05, 0) is 24.7 Å². The minimum absolute atomic E-state index is 0. The van der Waals surface area contributed by atoms with E-state index in [-0.39, 0.29) is 36.9 Å². The van der Waals surface area contributed by atoms with Crippen LogP contribution in [0.25, 0.3) is 0 Å². The van der Waals surface area contributed by atoms with Crippen LogP contribution in [0.1, 0.15) is 12.8 Å². The summed E-state index contributed by atoms with van der Waals surface area (Å²) >= 11 is 0. The highest BCUT2D eigenvalue weighted by Crippen LogP contribution is 2.35. The van der Waals surface area contributed by atoms with Gasteiger partial charge in [0, 0.05) is 39.3 Å². The maximum Gasteiger partial charge on any atom is 0.320 e. The molecular weight excluding hydrogens is 280 g/mol. The summed E-state index contributed by atoms with van der Waals surface area (Å²) in [6.45, 7) is 3.13. The summed E-state index contributed by atoms with van der Waals surface area (Å²) in [6, 6.07) is 0.230. The molecule has 7 heteroatoms. The van der Waals surface area contributed by atoms with Crippen molar-refractivity contribution in [3.8, 4) is 0 Å². The van der Waals surface area contributed by atoms with Crippen LogP contribution in [0.4, 0.5) is 4.79 Å². The molecule has 20 heavy (non-hydrogen) atoms. The zero-order chi connectivity index (χ0) is 13.6. The van der Waals surface area contributed by atoms with Gasteiger partial charge < -0.3 is 20.4 Å². The molecule has 0 aromatic heterocycles. The van der Waals surface area contributed by atoms with Gasteiger partial charge in [0.05, 0.1) is 0 Å². The summed E-state index contributed by atoms with van der Waals surface area (Å²) in [7, 11) is 1.77. The molecule has 2 bridgehead atoms. The van der Waals surface area contributed by atoms with E-state index in [4.69, 9.17) is 5.73 Å². The number of nitrogens with two attached hydrogens (primary N) is 1. The number of hydrogen-bond donors (Lipinski definition) is 1. The molecule has 114 valence electrons. The molecule has 2 saturated heterocycles. The summed E-state index contributed by atoms with van der Waals surface area (Å²) in [5.74, 6) is 0.992. The van der Waals surface area contributed by atoms with Crippen molar-refractivity contribution >= 4 is 24.3 Å². The van der Waals surface area contributed by atoms with Crippen molar-refractivity contribution < 1.29 is 9.59 Å². The van der Waals surface area contributed by atoms with Gasteiger partial charge in [-0.25, -0.2) is 4.79 Å². The van der Waals surface area contributed by atoms with Gasteiger partial charge in [-0.1, -0.05) is 0 Å². The second-order valence-electron chi connectivity index (χ2n) is 6.10. The number of likely N-dealkylation sites (N-methyl/N-ethyl adjacent to an activating group) is 1. The molecule has 3 amide bonds. The van der Waals surface area contributed by atoms with Gasteiger partial charge in [0.15, 0.2) is 0 Å². The number of amides is 3. The lowest BCUT2D eigenvalue weighted by molar-refractivity contribution is -0.134. The number of hydrogen-bond acceptors (Lipinski definition) is 3. The molecule has 1 unspecified atom stereocenters. The fraction of sp³-hybridized carbons (Fsp3) is 0.846. The Morgan fingerprint density at radius 1 is 1.25 bits per heavy atom. The third kappa shape index (κ3) is 2.59. The molecule has 0 aromatic rings. The summed E-state index contributed by atoms with van der Waals surface area (Å²) in [5.41, 5.74) is 6.14. The van der Waals surface area contributed by atoms with Crippen LogP contribution >= 0.6 is 12.4 Å². The van der Waals surface area contributed by atoms with Gasteiger partial charge in [-0.3, -0.25) is 4.79 Å². The first-order valence-corrected chi connectivity index (χ1v) is 7.09.